The summed E-state index contributed by atoms with van der Waals surface area (Å²) in [5.74, 6) is -0.968. The second-order valence-corrected chi connectivity index (χ2v) is 11.4. The van der Waals surface area contributed by atoms with Gasteiger partial charge in [0.1, 0.15) is 0 Å². The quantitative estimate of drug-likeness (QED) is 0.155. The summed E-state index contributed by atoms with van der Waals surface area (Å²) in [6.45, 7) is 2.74. The average Bonchev–Trinajstić information content (AvgIpc) is 3.73. The van der Waals surface area contributed by atoms with E-state index in [9.17, 15) is 14.7 Å². The third-order valence-corrected chi connectivity index (χ3v) is 8.34. The van der Waals surface area contributed by atoms with E-state index in [0.717, 1.165) is 27.7 Å². The minimum atomic E-state index is -1.70. The Kier molecular flexibility index (Phi) is 8.59. The molecule has 230 valence electrons. The molecule has 6 rings (SSSR count). The van der Waals surface area contributed by atoms with Crippen molar-refractivity contribution >= 4 is 34.1 Å². The molecule has 2 aromatic heterocycles. The molecule has 4 N–H and O–H groups in total. The van der Waals surface area contributed by atoms with Gasteiger partial charge in [-0.3, -0.25) is 14.3 Å². The third-order valence-electron chi connectivity index (χ3n) is 8.34. The number of carbonyl (C=O) groups excluding carboxylic acids is 2. The molecular formula is C35H36N6O4. The van der Waals surface area contributed by atoms with Crippen molar-refractivity contribution in [2.45, 2.75) is 44.9 Å². The zero-order valence-electron chi connectivity index (χ0n) is 25.1. The van der Waals surface area contributed by atoms with Gasteiger partial charge in [-0.05, 0) is 41.8 Å². The largest absolute Gasteiger partial charge is 0.396 e. The fourth-order valence-electron chi connectivity index (χ4n) is 5.91. The summed E-state index contributed by atoms with van der Waals surface area (Å²) in [6, 6.07) is 22.7. The molecule has 10 heteroatoms. The molecule has 0 saturated carbocycles. The van der Waals surface area contributed by atoms with Gasteiger partial charge in [-0.25, -0.2) is 0 Å². The first-order valence-electron chi connectivity index (χ1n) is 15.1. The molecule has 0 fully saturated rings. The van der Waals surface area contributed by atoms with Crippen molar-refractivity contribution < 1.29 is 19.8 Å². The van der Waals surface area contributed by atoms with E-state index in [0.29, 0.717) is 36.3 Å². The van der Waals surface area contributed by atoms with Crippen LogP contribution in [0.5, 0.6) is 0 Å². The van der Waals surface area contributed by atoms with Crippen LogP contribution in [-0.2, 0) is 41.1 Å². The van der Waals surface area contributed by atoms with Crippen LogP contribution in [0.25, 0.3) is 10.9 Å². The van der Waals surface area contributed by atoms with E-state index in [-0.39, 0.29) is 31.4 Å². The first-order chi connectivity index (χ1) is 21.9. The number of nitrogens with one attached hydrogen (secondary N) is 2. The molecule has 3 aromatic carbocycles. The number of aromatic amines is 1. The number of rotatable bonds is 12. The Balaban J connectivity index is 1.10. The zero-order valence-corrected chi connectivity index (χ0v) is 25.1. The summed E-state index contributed by atoms with van der Waals surface area (Å²) in [4.78, 5) is 31.4. The number of hydrogen-bond acceptors (Lipinski definition) is 6. The maximum absolute atomic E-state index is 13.8. The number of para-hydroxylation sites is 2. The molecule has 1 aliphatic rings. The number of anilines is 2. The number of nitrogens with zero attached hydrogens (tertiary/aromatic N) is 4. The first-order valence-corrected chi connectivity index (χ1v) is 15.1. The van der Waals surface area contributed by atoms with E-state index < -0.39 is 11.5 Å². The highest BCUT2D eigenvalue weighted by molar-refractivity contribution is 6.07. The Hall–Kier alpha value is -5.06. The molecule has 10 nitrogen and oxygen atoms in total. The number of aryl methyl sites for hydroxylation is 1. The number of amides is 2. The third kappa shape index (κ3) is 6.15. The van der Waals surface area contributed by atoms with Crippen LogP contribution in [0.1, 0.15) is 35.7 Å². The summed E-state index contributed by atoms with van der Waals surface area (Å²) in [5, 5.41) is 33.0. The summed E-state index contributed by atoms with van der Waals surface area (Å²) < 4.78 is 1.72. The number of aliphatic hydroxyl groups is 2. The van der Waals surface area contributed by atoms with Gasteiger partial charge in [-0.1, -0.05) is 72.8 Å². The van der Waals surface area contributed by atoms with Crippen molar-refractivity contribution in [3.8, 4) is 0 Å². The molecule has 45 heavy (non-hydrogen) atoms. The van der Waals surface area contributed by atoms with Crippen LogP contribution >= 0.6 is 0 Å². The lowest BCUT2D eigenvalue weighted by Crippen LogP contribution is -2.44. The molecule has 2 amide bonds. The van der Waals surface area contributed by atoms with Gasteiger partial charge < -0.3 is 25.4 Å². The smallest absolute Gasteiger partial charge is 0.264 e. The molecule has 1 aliphatic heterocycles. The minimum Gasteiger partial charge on any atom is -0.396 e. The second-order valence-electron chi connectivity index (χ2n) is 11.4. The summed E-state index contributed by atoms with van der Waals surface area (Å²) in [5.41, 5.74) is 3.76. The SMILES string of the molecule is C[C@H](/C=C/CCn1cc(CCO)nn1)[C@@]1(O)C(=O)N(Cc2ccc(NC(=O)Cc3c[nH]c4ccccc34)cc2)c2ccccc21. The number of benzene rings is 3. The number of fused-ring (bicyclic) bond motifs is 2. The van der Waals surface area contributed by atoms with Crippen molar-refractivity contribution in [1.82, 2.24) is 20.0 Å². The van der Waals surface area contributed by atoms with Gasteiger partial charge in [0.2, 0.25) is 5.91 Å². The summed E-state index contributed by atoms with van der Waals surface area (Å²) in [6.07, 6.45) is 8.85. The molecule has 0 saturated heterocycles. The van der Waals surface area contributed by atoms with Crippen molar-refractivity contribution in [2.75, 3.05) is 16.8 Å². The van der Waals surface area contributed by atoms with Gasteiger partial charge in [0.05, 0.1) is 24.3 Å². The van der Waals surface area contributed by atoms with Gasteiger partial charge in [0.15, 0.2) is 5.60 Å². The van der Waals surface area contributed by atoms with Crippen molar-refractivity contribution in [1.29, 1.82) is 0 Å². The predicted octanol–water partition coefficient (Wildman–Crippen LogP) is 4.49. The number of allylic oxidation sites excluding steroid dienone is 1. The predicted molar refractivity (Wildman–Crippen MR) is 172 cm³/mol. The van der Waals surface area contributed by atoms with Crippen LogP contribution in [0, 0.1) is 5.92 Å². The molecule has 0 unspecified atom stereocenters. The highest BCUT2D eigenvalue weighted by Crippen LogP contribution is 2.45. The normalized spacial score (nSPS) is 16.9. The Morgan fingerprint density at radius 3 is 2.69 bits per heavy atom. The molecule has 3 heterocycles. The molecular weight excluding hydrogens is 568 g/mol. The topological polar surface area (TPSA) is 136 Å². The van der Waals surface area contributed by atoms with Crippen LogP contribution < -0.4 is 10.2 Å². The fourth-order valence-corrected chi connectivity index (χ4v) is 5.91. The Morgan fingerprint density at radius 1 is 1.09 bits per heavy atom. The highest BCUT2D eigenvalue weighted by Gasteiger charge is 2.52. The first kappa shape index (κ1) is 30.0. The number of aromatic nitrogens is 4. The lowest BCUT2D eigenvalue weighted by atomic mass is 9.83. The number of carbonyl (C=O) groups is 2. The van der Waals surface area contributed by atoms with E-state index >= 15 is 0 Å². The van der Waals surface area contributed by atoms with E-state index in [1.807, 2.05) is 98.1 Å². The zero-order chi connectivity index (χ0) is 31.4. The van der Waals surface area contributed by atoms with Crippen LogP contribution in [-0.4, -0.2) is 48.6 Å². The van der Waals surface area contributed by atoms with E-state index in [4.69, 9.17) is 5.11 Å². The molecule has 5 aromatic rings. The van der Waals surface area contributed by atoms with E-state index in [1.165, 1.54) is 0 Å². The lowest BCUT2D eigenvalue weighted by Gasteiger charge is -2.27. The summed E-state index contributed by atoms with van der Waals surface area (Å²) in [7, 11) is 0. The minimum absolute atomic E-state index is 0.0256. The van der Waals surface area contributed by atoms with E-state index in [2.05, 4.69) is 20.6 Å². The van der Waals surface area contributed by atoms with Gasteiger partial charge in [0.25, 0.3) is 5.91 Å². The highest BCUT2D eigenvalue weighted by atomic mass is 16.3. The monoisotopic (exact) mass is 604 g/mol. The number of aliphatic hydroxyl groups excluding tert-OH is 1. The second kappa shape index (κ2) is 12.9. The molecule has 0 bridgehead atoms. The Morgan fingerprint density at radius 2 is 1.87 bits per heavy atom. The van der Waals surface area contributed by atoms with Crippen molar-refractivity contribution in [2.24, 2.45) is 5.92 Å². The number of hydrogen-bond donors (Lipinski definition) is 4. The van der Waals surface area contributed by atoms with Crippen molar-refractivity contribution in [3.05, 3.63) is 120 Å². The van der Waals surface area contributed by atoms with Gasteiger partial charge >= 0.3 is 0 Å². The van der Waals surface area contributed by atoms with Gasteiger partial charge in [-0.2, -0.15) is 0 Å². The van der Waals surface area contributed by atoms with Crippen LogP contribution in [0.4, 0.5) is 11.4 Å². The van der Waals surface area contributed by atoms with Crippen LogP contribution in [0.3, 0.4) is 0 Å². The summed E-state index contributed by atoms with van der Waals surface area (Å²) >= 11 is 0. The molecule has 2 atom stereocenters. The molecule has 0 radical (unpaired) electrons. The fraction of sp³-hybridized carbons (Fsp3) is 0.257. The number of H-pyrrole nitrogens is 1. The maximum Gasteiger partial charge on any atom is 0.264 e. The van der Waals surface area contributed by atoms with Crippen LogP contribution in [0.15, 0.2) is 97.3 Å². The lowest BCUT2D eigenvalue weighted by molar-refractivity contribution is -0.139. The maximum atomic E-state index is 13.8. The Labute approximate surface area is 261 Å². The standard InChI is InChI=1S/C35H36N6O4/c1-24(8-6-7-18-40-23-28(17-19-42)38-39-40)35(45)30-10-3-5-12-32(30)41(34(35)44)22-25-13-15-27(16-14-25)37-33(43)20-26-21-36-31-11-4-2-9-29(26)31/h2-6,8-16,21,23-24,36,42,45H,7,17-20,22H2,1H3,(H,37,43)/b8-6+/t24-,35+/m1/s1. The molecule has 0 aliphatic carbocycles. The van der Waals surface area contributed by atoms with Gasteiger partial charge in [-0.15, -0.1) is 5.10 Å². The van der Waals surface area contributed by atoms with Crippen LogP contribution in [0.2, 0.25) is 0 Å². The van der Waals surface area contributed by atoms with E-state index in [1.54, 1.807) is 15.8 Å². The Bertz CT molecular complexity index is 1840. The van der Waals surface area contributed by atoms with Crippen molar-refractivity contribution in [3.63, 3.8) is 0 Å². The molecule has 0 spiro atoms. The van der Waals surface area contributed by atoms with Gasteiger partial charge in [0, 0.05) is 60.0 Å². The average molecular weight is 605 g/mol.